The number of sulfonamides is 1. The van der Waals surface area contributed by atoms with E-state index in [4.69, 9.17) is 5.73 Å². The number of hydrogen-bond donors (Lipinski definition) is 4. The molecule has 0 aliphatic heterocycles. The summed E-state index contributed by atoms with van der Waals surface area (Å²) < 4.78 is 24.6. The molecule has 18 heavy (non-hydrogen) atoms. The van der Waals surface area contributed by atoms with Crippen LogP contribution in [0.4, 0.5) is 5.82 Å². The second kappa shape index (κ2) is 4.94. The molecule has 0 fully saturated rings. The Morgan fingerprint density at radius 1 is 1.56 bits per heavy atom. The Bertz CT molecular complexity index is 534. The number of carbonyl (C=O) groups excluding carboxylic acids is 1. The van der Waals surface area contributed by atoms with E-state index in [1.165, 1.54) is 6.07 Å². The number of aromatic nitrogens is 2. The van der Waals surface area contributed by atoms with Crippen molar-refractivity contribution in [2.45, 2.75) is 19.4 Å². The Balaban J connectivity index is 2.57. The maximum Gasteiger partial charge on any atom is 0.269 e. The third-order valence-corrected chi connectivity index (χ3v) is 2.92. The first-order valence-electron chi connectivity index (χ1n) is 5.17. The summed E-state index contributed by atoms with van der Waals surface area (Å²) in [5, 5.41) is 8.67. The first-order valence-corrected chi connectivity index (χ1v) is 7.06. The fourth-order valence-electron chi connectivity index (χ4n) is 1.39. The van der Waals surface area contributed by atoms with E-state index in [9.17, 15) is 13.2 Å². The van der Waals surface area contributed by atoms with E-state index in [2.05, 4.69) is 20.2 Å². The Kier molecular flexibility index (Phi) is 3.97. The van der Waals surface area contributed by atoms with Gasteiger partial charge in [0.1, 0.15) is 11.5 Å². The van der Waals surface area contributed by atoms with Gasteiger partial charge in [0.2, 0.25) is 10.0 Å². The van der Waals surface area contributed by atoms with E-state index in [1.807, 2.05) is 0 Å². The molecule has 1 heterocycles. The van der Waals surface area contributed by atoms with Crippen molar-refractivity contribution in [2.75, 3.05) is 18.5 Å². The van der Waals surface area contributed by atoms with E-state index < -0.39 is 21.5 Å². The topological polar surface area (TPSA) is 130 Å². The normalized spacial score (nSPS) is 12.4. The number of H-pyrrole nitrogens is 1. The summed E-state index contributed by atoms with van der Waals surface area (Å²) in [5.41, 5.74) is 4.81. The van der Waals surface area contributed by atoms with Gasteiger partial charge in [-0.1, -0.05) is 0 Å². The molecule has 0 aliphatic rings. The van der Waals surface area contributed by atoms with Crippen molar-refractivity contribution < 1.29 is 13.2 Å². The van der Waals surface area contributed by atoms with Gasteiger partial charge >= 0.3 is 0 Å². The highest BCUT2D eigenvalue weighted by molar-refractivity contribution is 7.88. The molecule has 9 heteroatoms. The lowest BCUT2D eigenvalue weighted by Gasteiger charge is -2.25. The zero-order valence-electron chi connectivity index (χ0n) is 10.4. The lowest BCUT2D eigenvalue weighted by molar-refractivity contribution is 0.0939. The summed E-state index contributed by atoms with van der Waals surface area (Å²) in [7, 11) is -3.33. The third-order valence-electron chi connectivity index (χ3n) is 1.99. The lowest BCUT2D eigenvalue weighted by atomic mass is 10.1. The van der Waals surface area contributed by atoms with Gasteiger partial charge in [-0.3, -0.25) is 9.89 Å². The van der Waals surface area contributed by atoms with Crippen LogP contribution in [0.25, 0.3) is 0 Å². The number of nitrogens with zero attached hydrogens (tertiary/aromatic N) is 1. The summed E-state index contributed by atoms with van der Waals surface area (Å²) >= 11 is 0. The molecule has 0 spiro atoms. The minimum atomic E-state index is -3.33. The van der Waals surface area contributed by atoms with E-state index in [0.717, 1.165) is 6.26 Å². The minimum absolute atomic E-state index is 0.137. The van der Waals surface area contributed by atoms with Gasteiger partial charge in [0, 0.05) is 18.2 Å². The van der Waals surface area contributed by atoms with Gasteiger partial charge in [-0.2, -0.15) is 5.10 Å². The molecule has 0 radical (unpaired) electrons. The highest BCUT2D eigenvalue weighted by Crippen LogP contribution is 2.04. The molecule has 1 aromatic heterocycles. The van der Waals surface area contributed by atoms with Crippen LogP contribution in [-0.2, 0) is 10.0 Å². The molecule has 1 rings (SSSR count). The van der Waals surface area contributed by atoms with Gasteiger partial charge in [-0.15, -0.1) is 0 Å². The summed E-state index contributed by atoms with van der Waals surface area (Å²) in [6, 6.07) is 1.40. The molecule has 1 aromatic rings. The molecule has 102 valence electrons. The Labute approximate surface area is 105 Å². The fourth-order valence-corrected chi connectivity index (χ4v) is 2.46. The number of nitrogens with one attached hydrogen (secondary N) is 3. The minimum Gasteiger partial charge on any atom is -0.382 e. The average Bonchev–Trinajstić information content (AvgIpc) is 2.57. The maximum absolute atomic E-state index is 11.7. The first kappa shape index (κ1) is 14.5. The molecular weight excluding hydrogens is 258 g/mol. The monoisotopic (exact) mass is 275 g/mol. The second-order valence-corrected chi connectivity index (χ2v) is 6.40. The van der Waals surface area contributed by atoms with Crippen LogP contribution >= 0.6 is 0 Å². The Hall–Kier alpha value is -1.61. The zero-order valence-corrected chi connectivity index (χ0v) is 11.3. The lowest BCUT2D eigenvalue weighted by Crippen LogP contribution is -2.51. The van der Waals surface area contributed by atoms with Crippen molar-refractivity contribution in [3.05, 3.63) is 11.8 Å². The standard InChI is InChI=1S/C9H17N5O3S/c1-9(2,14-18(3,16)17)5-11-8(15)6-4-7(10)13-12-6/h4,14H,5H2,1-3H3,(H,11,15)(H3,10,12,13). The Morgan fingerprint density at radius 3 is 2.61 bits per heavy atom. The SMILES string of the molecule is CC(C)(CNC(=O)c1cc(N)n[nH]1)NS(C)(=O)=O. The molecule has 8 nitrogen and oxygen atoms in total. The maximum atomic E-state index is 11.7. The fraction of sp³-hybridized carbons (Fsp3) is 0.556. The predicted molar refractivity (Wildman–Crippen MR) is 67.4 cm³/mol. The largest absolute Gasteiger partial charge is 0.382 e. The smallest absolute Gasteiger partial charge is 0.269 e. The first-order chi connectivity index (χ1) is 8.09. The number of nitrogen functional groups attached to an aromatic ring is 1. The molecular formula is C9H17N5O3S. The number of rotatable bonds is 5. The van der Waals surface area contributed by atoms with Crippen LogP contribution in [0.15, 0.2) is 6.07 Å². The van der Waals surface area contributed by atoms with Gasteiger partial charge in [0.15, 0.2) is 0 Å². The summed E-state index contributed by atoms with van der Waals surface area (Å²) in [4.78, 5) is 11.7. The number of nitrogens with two attached hydrogens (primary N) is 1. The van der Waals surface area contributed by atoms with Gasteiger partial charge in [-0.05, 0) is 13.8 Å². The van der Waals surface area contributed by atoms with E-state index >= 15 is 0 Å². The predicted octanol–water partition coefficient (Wildman–Crippen LogP) is -0.950. The van der Waals surface area contributed by atoms with E-state index in [0.29, 0.717) is 0 Å². The van der Waals surface area contributed by atoms with Crippen molar-refractivity contribution in [3.63, 3.8) is 0 Å². The zero-order chi connectivity index (χ0) is 14.0. The van der Waals surface area contributed by atoms with Crippen molar-refractivity contribution >= 4 is 21.7 Å². The third kappa shape index (κ3) is 4.72. The Morgan fingerprint density at radius 2 is 2.17 bits per heavy atom. The number of anilines is 1. The summed E-state index contributed by atoms with van der Waals surface area (Å²) in [6.45, 7) is 3.46. The number of hydrogen-bond acceptors (Lipinski definition) is 5. The van der Waals surface area contributed by atoms with Gasteiger partial charge in [0.05, 0.1) is 6.26 Å². The molecule has 0 saturated carbocycles. The molecule has 1 amide bonds. The summed E-state index contributed by atoms with van der Waals surface area (Å²) in [6.07, 6.45) is 1.06. The number of aromatic amines is 1. The van der Waals surface area contributed by atoms with E-state index in [1.54, 1.807) is 13.8 Å². The van der Waals surface area contributed by atoms with Crippen LogP contribution in [-0.4, -0.2) is 42.9 Å². The van der Waals surface area contributed by atoms with Crippen LogP contribution in [0.1, 0.15) is 24.3 Å². The van der Waals surface area contributed by atoms with Crippen LogP contribution in [0.5, 0.6) is 0 Å². The summed E-state index contributed by atoms with van der Waals surface area (Å²) in [5.74, 6) is -0.184. The van der Waals surface area contributed by atoms with Gasteiger partial charge in [-0.25, -0.2) is 13.1 Å². The van der Waals surface area contributed by atoms with Crippen LogP contribution in [0.3, 0.4) is 0 Å². The van der Waals surface area contributed by atoms with Crippen molar-refractivity contribution in [3.8, 4) is 0 Å². The van der Waals surface area contributed by atoms with Crippen molar-refractivity contribution in [2.24, 2.45) is 0 Å². The van der Waals surface area contributed by atoms with E-state index in [-0.39, 0.29) is 18.1 Å². The van der Waals surface area contributed by atoms with Crippen molar-refractivity contribution in [1.82, 2.24) is 20.2 Å². The quantitative estimate of drug-likeness (QED) is 0.550. The van der Waals surface area contributed by atoms with Gasteiger partial charge in [0.25, 0.3) is 5.91 Å². The van der Waals surface area contributed by atoms with Gasteiger partial charge < -0.3 is 11.1 Å². The molecule has 0 unspecified atom stereocenters. The van der Waals surface area contributed by atoms with Crippen LogP contribution in [0, 0.1) is 0 Å². The molecule has 0 saturated heterocycles. The van der Waals surface area contributed by atoms with Crippen molar-refractivity contribution in [1.29, 1.82) is 0 Å². The van der Waals surface area contributed by atoms with Crippen LogP contribution in [0.2, 0.25) is 0 Å². The van der Waals surface area contributed by atoms with Crippen LogP contribution < -0.4 is 15.8 Å². The molecule has 0 aromatic carbocycles. The number of carbonyl (C=O) groups is 1. The number of amides is 1. The average molecular weight is 275 g/mol. The highest BCUT2D eigenvalue weighted by Gasteiger charge is 2.23. The molecule has 0 atom stereocenters. The molecule has 0 aliphatic carbocycles. The molecule has 0 bridgehead atoms. The molecule has 5 N–H and O–H groups in total. The highest BCUT2D eigenvalue weighted by atomic mass is 32.2. The second-order valence-electron chi connectivity index (χ2n) is 4.65.